The van der Waals surface area contributed by atoms with Crippen LogP contribution in [0.25, 0.3) is 22.1 Å². The Morgan fingerprint density at radius 2 is 2.00 bits per heavy atom. The lowest BCUT2D eigenvalue weighted by Gasteiger charge is -2.06. The van der Waals surface area contributed by atoms with Crippen LogP contribution in [0.3, 0.4) is 0 Å². The van der Waals surface area contributed by atoms with Crippen LogP contribution in [0, 0.1) is 0 Å². The SMILES string of the molecule is COc1ccc(/C=c2\sc3nc4ccc(C(=O)O)cc4n3c2=O)c(OC)c1. The molecule has 2 aromatic heterocycles. The third-order valence-electron chi connectivity index (χ3n) is 4.21. The smallest absolute Gasteiger partial charge is 0.335 e. The van der Waals surface area contributed by atoms with Gasteiger partial charge in [0.15, 0.2) is 4.96 Å². The summed E-state index contributed by atoms with van der Waals surface area (Å²) < 4.78 is 12.5. The highest BCUT2D eigenvalue weighted by molar-refractivity contribution is 7.15. The largest absolute Gasteiger partial charge is 0.497 e. The van der Waals surface area contributed by atoms with E-state index < -0.39 is 5.97 Å². The van der Waals surface area contributed by atoms with Crippen LogP contribution in [0.2, 0.25) is 0 Å². The zero-order valence-corrected chi connectivity index (χ0v) is 15.2. The van der Waals surface area contributed by atoms with Gasteiger partial charge in [-0.15, -0.1) is 0 Å². The van der Waals surface area contributed by atoms with Crippen LogP contribution in [-0.2, 0) is 0 Å². The molecule has 0 fully saturated rings. The molecule has 0 aliphatic carbocycles. The summed E-state index contributed by atoms with van der Waals surface area (Å²) in [5.41, 5.74) is 1.65. The Labute approximate surface area is 156 Å². The first-order chi connectivity index (χ1) is 13.0. The summed E-state index contributed by atoms with van der Waals surface area (Å²) in [6.07, 6.45) is 1.73. The van der Waals surface area contributed by atoms with Crippen molar-refractivity contribution in [3.63, 3.8) is 0 Å². The Hall–Kier alpha value is -3.39. The molecule has 0 saturated heterocycles. The third kappa shape index (κ3) is 2.80. The highest BCUT2D eigenvalue weighted by Gasteiger charge is 2.14. The maximum absolute atomic E-state index is 12.9. The highest BCUT2D eigenvalue weighted by Crippen LogP contribution is 2.25. The number of benzene rings is 2. The number of carboxylic acids is 1. The van der Waals surface area contributed by atoms with E-state index in [2.05, 4.69) is 4.98 Å². The molecule has 0 radical (unpaired) electrons. The summed E-state index contributed by atoms with van der Waals surface area (Å²) in [5, 5.41) is 9.19. The number of ether oxygens (including phenoxy) is 2. The minimum atomic E-state index is -1.05. The number of rotatable bonds is 4. The molecule has 0 saturated carbocycles. The fraction of sp³-hybridized carbons (Fsp3) is 0.105. The van der Waals surface area contributed by atoms with Gasteiger partial charge in [-0.05, 0) is 36.4 Å². The Kier molecular flexibility index (Phi) is 4.04. The van der Waals surface area contributed by atoms with Crippen molar-refractivity contribution in [3.8, 4) is 11.5 Å². The van der Waals surface area contributed by atoms with Gasteiger partial charge >= 0.3 is 5.97 Å². The van der Waals surface area contributed by atoms with Gasteiger partial charge in [0.05, 0.1) is 35.3 Å². The van der Waals surface area contributed by atoms with E-state index in [0.717, 1.165) is 5.56 Å². The zero-order chi connectivity index (χ0) is 19.1. The van der Waals surface area contributed by atoms with Gasteiger partial charge in [0, 0.05) is 11.6 Å². The molecule has 2 aromatic carbocycles. The summed E-state index contributed by atoms with van der Waals surface area (Å²) in [7, 11) is 3.12. The van der Waals surface area contributed by atoms with Crippen LogP contribution in [0.15, 0.2) is 41.2 Å². The predicted molar refractivity (Wildman–Crippen MR) is 102 cm³/mol. The molecule has 2 heterocycles. The van der Waals surface area contributed by atoms with Gasteiger partial charge in [-0.1, -0.05) is 11.3 Å². The van der Waals surface area contributed by atoms with Crippen LogP contribution in [0.1, 0.15) is 15.9 Å². The summed E-state index contributed by atoms with van der Waals surface area (Å²) in [4.78, 5) is 29.1. The number of nitrogens with zero attached hydrogens (tertiary/aromatic N) is 2. The number of hydrogen-bond acceptors (Lipinski definition) is 6. The molecular formula is C19H14N2O5S. The first-order valence-corrected chi connectivity index (χ1v) is 8.75. The van der Waals surface area contributed by atoms with E-state index in [0.29, 0.717) is 32.0 Å². The van der Waals surface area contributed by atoms with Crippen LogP contribution < -0.4 is 19.6 Å². The van der Waals surface area contributed by atoms with Crippen LogP contribution in [0.4, 0.5) is 0 Å². The number of carbonyl (C=O) groups is 1. The van der Waals surface area contributed by atoms with Crippen molar-refractivity contribution in [3.05, 3.63) is 62.4 Å². The first kappa shape index (κ1) is 17.0. The zero-order valence-electron chi connectivity index (χ0n) is 14.4. The standard InChI is InChI=1S/C19H14N2O5S/c1-25-12-5-3-10(15(9-12)26-2)8-16-17(22)21-14-7-11(18(23)24)4-6-13(14)20-19(21)27-16/h3-9H,1-2H3,(H,23,24)/b16-8-. The molecular weight excluding hydrogens is 368 g/mol. The van der Waals surface area contributed by atoms with Crippen molar-refractivity contribution in [2.24, 2.45) is 0 Å². The normalized spacial score (nSPS) is 12.0. The number of aromatic nitrogens is 2. The molecule has 8 heteroatoms. The van der Waals surface area contributed by atoms with Gasteiger partial charge in [-0.2, -0.15) is 0 Å². The van der Waals surface area contributed by atoms with Crippen molar-refractivity contribution in [1.29, 1.82) is 0 Å². The molecule has 136 valence electrons. The van der Waals surface area contributed by atoms with Gasteiger partial charge in [0.1, 0.15) is 11.5 Å². The molecule has 4 aromatic rings. The maximum Gasteiger partial charge on any atom is 0.335 e. The molecule has 0 atom stereocenters. The number of thiazole rings is 1. The van der Waals surface area contributed by atoms with Gasteiger partial charge < -0.3 is 14.6 Å². The maximum atomic E-state index is 12.9. The lowest BCUT2D eigenvalue weighted by atomic mass is 10.2. The molecule has 0 bridgehead atoms. The second-order valence-electron chi connectivity index (χ2n) is 5.76. The fourth-order valence-corrected chi connectivity index (χ4v) is 3.85. The minimum Gasteiger partial charge on any atom is -0.497 e. The summed E-state index contributed by atoms with van der Waals surface area (Å²) in [6, 6.07) is 9.87. The van der Waals surface area contributed by atoms with Crippen molar-refractivity contribution in [2.45, 2.75) is 0 Å². The second-order valence-corrected chi connectivity index (χ2v) is 6.77. The number of hydrogen-bond donors (Lipinski definition) is 1. The Bertz CT molecular complexity index is 1310. The van der Waals surface area contributed by atoms with E-state index in [1.807, 2.05) is 0 Å². The molecule has 27 heavy (non-hydrogen) atoms. The van der Waals surface area contributed by atoms with Crippen LogP contribution in [0.5, 0.6) is 11.5 Å². The number of fused-ring (bicyclic) bond motifs is 3. The molecule has 1 N–H and O–H groups in total. The molecule has 0 aliphatic rings. The highest BCUT2D eigenvalue weighted by atomic mass is 32.1. The van der Waals surface area contributed by atoms with Gasteiger partial charge in [0.2, 0.25) is 0 Å². The number of methoxy groups -OCH3 is 2. The lowest BCUT2D eigenvalue weighted by molar-refractivity contribution is 0.0697. The quantitative estimate of drug-likeness (QED) is 0.582. The van der Waals surface area contributed by atoms with E-state index in [1.54, 1.807) is 44.6 Å². The Balaban J connectivity index is 1.95. The van der Waals surface area contributed by atoms with Crippen molar-refractivity contribution in [1.82, 2.24) is 9.38 Å². The fourth-order valence-electron chi connectivity index (χ4n) is 2.87. The van der Waals surface area contributed by atoms with E-state index in [4.69, 9.17) is 9.47 Å². The lowest BCUT2D eigenvalue weighted by Crippen LogP contribution is -2.22. The summed E-state index contributed by atoms with van der Waals surface area (Å²) >= 11 is 1.24. The van der Waals surface area contributed by atoms with Gasteiger partial charge in [0.25, 0.3) is 5.56 Å². The number of carboxylic acid groups (broad SMARTS) is 1. The number of imidazole rings is 1. The molecule has 0 unspecified atom stereocenters. The van der Waals surface area contributed by atoms with E-state index in [1.165, 1.54) is 27.9 Å². The topological polar surface area (TPSA) is 90.1 Å². The van der Waals surface area contributed by atoms with Crippen molar-refractivity contribution in [2.75, 3.05) is 14.2 Å². The monoisotopic (exact) mass is 382 g/mol. The van der Waals surface area contributed by atoms with Crippen molar-refractivity contribution < 1.29 is 19.4 Å². The molecule has 0 amide bonds. The summed E-state index contributed by atoms with van der Waals surface area (Å²) in [6.45, 7) is 0. The van der Waals surface area contributed by atoms with E-state index >= 15 is 0 Å². The van der Waals surface area contributed by atoms with Crippen LogP contribution >= 0.6 is 11.3 Å². The molecule has 0 aliphatic heterocycles. The van der Waals surface area contributed by atoms with Gasteiger partial charge in [-0.3, -0.25) is 4.79 Å². The van der Waals surface area contributed by atoms with E-state index in [-0.39, 0.29) is 11.1 Å². The third-order valence-corrected chi connectivity index (χ3v) is 5.18. The molecule has 0 spiro atoms. The number of aromatic carboxylic acids is 1. The molecule has 4 rings (SSSR count). The average molecular weight is 382 g/mol. The summed E-state index contributed by atoms with van der Waals surface area (Å²) in [5.74, 6) is 0.182. The minimum absolute atomic E-state index is 0.109. The average Bonchev–Trinajstić information content (AvgIpc) is 3.17. The second kappa shape index (κ2) is 6.40. The van der Waals surface area contributed by atoms with E-state index in [9.17, 15) is 14.7 Å². The molecule has 7 nitrogen and oxygen atoms in total. The van der Waals surface area contributed by atoms with Gasteiger partial charge in [-0.25, -0.2) is 14.2 Å². The predicted octanol–water partition coefficient (Wildman–Crippen LogP) is 2.17. The van der Waals surface area contributed by atoms with Crippen molar-refractivity contribution >= 4 is 39.4 Å². The van der Waals surface area contributed by atoms with Crippen LogP contribution in [-0.4, -0.2) is 34.7 Å². The Morgan fingerprint density at radius 1 is 1.19 bits per heavy atom. The Morgan fingerprint density at radius 3 is 2.70 bits per heavy atom. The first-order valence-electron chi connectivity index (χ1n) is 7.94.